The molecule has 0 unspecified atom stereocenters. The maximum Gasteiger partial charge on any atom is 0.267 e. The van der Waals surface area contributed by atoms with Crippen LogP contribution in [-0.2, 0) is 10.0 Å². The summed E-state index contributed by atoms with van der Waals surface area (Å²) in [6.07, 6.45) is 0. The van der Waals surface area contributed by atoms with Crippen molar-refractivity contribution in [1.82, 2.24) is 9.29 Å². The van der Waals surface area contributed by atoms with Gasteiger partial charge in [-0.05, 0) is 44.5 Å². The van der Waals surface area contributed by atoms with Gasteiger partial charge in [0.05, 0.1) is 10.6 Å². The van der Waals surface area contributed by atoms with E-state index >= 15 is 0 Å². The van der Waals surface area contributed by atoms with Gasteiger partial charge in [-0.2, -0.15) is 0 Å². The first-order valence-corrected chi connectivity index (χ1v) is 11.2. The van der Waals surface area contributed by atoms with E-state index in [1.807, 2.05) is 26.0 Å². The van der Waals surface area contributed by atoms with Gasteiger partial charge in [0, 0.05) is 25.3 Å². The summed E-state index contributed by atoms with van der Waals surface area (Å²) in [7, 11) is -0.640. The van der Waals surface area contributed by atoms with Gasteiger partial charge in [0.1, 0.15) is 9.88 Å². The molecule has 0 bridgehead atoms. The minimum Gasteiger partial charge on any atom is -0.321 e. The number of carbonyl (C=O) groups is 1. The Hall–Kier alpha value is -2.55. The van der Waals surface area contributed by atoms with Gasteiger partial charge < -0.3 is 5.32 Å². The van der Waals surface area contributed by atoms with Gasteiger partial charge in [-0.15, -0.1) is 11.3 Å². The molecule has 1 heterocycles. The van der Waals surface area contributed by atoms with E-state index in [0.717, 1.165) is 20.4 Å². The molecular weight excluding hydrogens is 406 g/mol. The highest BCUT2D eigenvalue weighted by atomic mass is 32.2. The Morgan fingerprint density at radius 1 is 1.07 bits per heavy atom. The lowest BCUT2D eigenvalue weighted by atomic mass is 10.1. The molecule has 1 N–H and O–H groups in total. The average molecular weight is 430 g/mol. The number of nitrogens with zero attached hydrogens (tertiary/aromatic N) is 2. The van der Waals surface area contributed by atoms with Crippen molar-refractivity contribution < 1.29 is 13.2 Å². The molecule has 0 atom stereocenters. The number of thiazole rings is 1. The normalized spacial score (nSPS) is 11.7. The number of aryl methyl sites for hydroxylation is 3. The van der Waals surface area contributed by atoms with Gasteiger partial charge in [0.15, 0.2) is 0 Å². The summed E-state index contributed by atoms with van der Waals surface area (Å²) in [4.78, 5) is 18.0. The molecule has 6 nitrogen and oxygen atoms in total. The van der Waals surface area contributed by atoms with Crippen LogP contribution in [0, 0.1) is 20.8 Å². The van der Waals surface area contributed by atoms with E-state index in [-0.39, 0.29) is 10.8 Å². The molecule has 0 aliphatic heterocycles. The summed E-state index contributed by atoms with van der Waals surface area (Å²) < 4.78 is 25.8. The second-order valence-electron chi connectivity index (χ2n) is 7.02. The topological polar surface area (TPSA) is 79.4 Å². The molecule has 1 aromatic heterocycles. The van der Waals surface area contributed by atoms with E-state index in [1.165, 1.54) is 43.1 Å². The zero-order valence-electron chi connectivity index (χ0n) is 17.0. The third-order valence-electron chi connectivity index (χ3n) is 4.49. The summed E-state index contributed by atoms with van der Waals surface area (Å²) in [5, 5.41) is 3.57. The van der Waals surface area contributed by atoms with Crippen molar-refractivity contribution in [2.45, 2.75) is 25.7 Å². The van der Waals surface area contributed by atoms with E-state index in [4.69, 9.17) is 0 Å². The zero-order chi connectivity index (χ0) is 21.3. The monoisotopic (exact) mass is 429 g/mol. The third kappa shape index (κ3) is 4.39. The van der Waals surface area contributed by atoms with Crippen LogP contribution in [0.25, 0.3) is 10.6 Å². The van der Waals surface area contributed by atoms with Crippen LogP contribution in [0.3, 0.4) is 0 Å². The van der Waals surface area contributed by atoms with Gasteiger partial charge >= 0.3 is 0 Å². The van der Waals surface area contributed by atoms with Crippen LogP contribution in [0.1, 0.15) is 26.5 Å². The fourth-order valence-corrected chi connectivity index (χ4v) is 4.91. The number of rotatable bonds is 5. The van der Waals surface area contributed by atoms with Crippen molar-refractivity contribution in [2.24, 2.45) is 0 Å². The Kier molecular flexibility index (Phi) is 5.88. The average Bonchev–Trinajstić information content (AvgIpc) is 3.03. The summed E-state index contributed by atoms with van der Waals surface area (Å²) in [5.41, 5.74) is 4.33. The van der Waals surface area contributed by atoms with Crippen LogP contribution in [-0.4, -0.2) is 37.7 Å². The quantitative estimate of drug-likeness (QED) is 0.658. The summed E-state index contributed by atoms with van der Waals surface area (Å²) >= 11 is 1.32. The van der Waals surface area contributed by atoms with Crippen molar-refractivity contribution in [3.05, 3.63) is 64.2 Å². The van der Waals surface area contributed by atoms with Crippen molar-refractivity contribution in [2.75, 3.05) is 19.4 Å². The van der Waals surface area contributed by atoms with Crippen molar-refractivity contribution >= 4 is 33.0 Å². The highest BCUT2D eigenvalue weighted by Crippen LogP contribution is 2.31. The van der Waals surface area contributed by atoms with Gasteiger partial charge in [0.2, 0.25) is 10.0 Å². The maximum absolute atomic E-state index is 12.8. The minimum atomic E-state index is -3.58. The molecule has 0 saturated carbocycles. The van der Waals surface area contributed by atoms with E-state index in [2.05, 4.69) is 16.4 Å². The number of anilines is 1. The highest BCUT2D eigenvalue weighted by Gasteiger charge is 2.20. The van der Waals surface area contributed by atoms with Crippen LogP contribution in [0.15, 0.2) is 47.4 Å². The molecule has 3 rings (SSSR count). The molecular formula is C21H23N3O3S2. The molecule has 1 amide bonds. The molecule has 3 aromatic rings. The van der Waals surface area contributed by atoms with E-state index in [1.54, 1.807) is 19.1 Å². The van der Waals surface area contributed by atoms with Crippen LogP contribution >= 0.6 is 11.3 Å². The molecule has 0 fully saturated rings. The molecule has 0 aliphatic rings. The minimum absolute atomic E-state index is 0.122. The highest BCUT2D eigenvalue weighted by molar-refractivity contribution is 7.89. The number of sulfonamides is 1. The van der Waals surface area contributed by atoms with Crippen molar-refractivity contribution in [3.63, 3.8) is 0 Å². The number of aromatic nitrogens is 1. The lowest BCUT2D eigenvalue weighted by Crippen LogP contribution is -2.22. The number of amides is 1. The predicted molar refractivity (Wildman–Crippen MR) is 117 cm³/mol. The molecule has 8 heteroatoms. The number of benzene rings is 2. The smallest absolute Gasteiger partial charge is 0.267 e. The summed E-state index contributed by atoms with van der Waals surface area (Å²) in [6, 6.07) is 12.3. The van der Waals surface area contributed by atoms with Gasteiger partial charge in [-0.1, -0.05) is 29.8 Å². The third-order valence-corrected chi connectivity index (χ3v) is 7.49. The first kappa shape index (κ1) is 21.2. The van der Waals surface area contributed by atoms with Crippen LogP contribution < -0.4 is 5.32 Å². The SMILES string of the molecule is Cc1ccc(-c2nc(C)c(C(=O)Nc3cccc(S(=O)(=O)N(C)C)c3)s2)c(C)c1. The molecule has 0 spiro atoms. The Bertz CT molecular complexity index is 1180. The molecule has 152 valence electrons. The lowest BCUT2D eigenvalue weighted by molar-refractivity contribution is 0.102. The fourth-order valence-electron chi connectivity index (χ4n) is 2.91. The van der Waals surface area contributed by atoms with Gasteiger partial charge in [-0.25, -0.2) is 17.7 Å². The molecule has 2 aromatic carbocycles. The summed E-state index contributed by atoms with van der Waals surface area (Å²) in [6.45, 7) is 5.86. The van der Waals surface area contributed by atoms with Crippen LogP contribution in [0.5, 0.6) is 0 Å². The number of carbonyl (C=O) groups excluding carboxylic acids is 1. The number of hydrogen-bond donors (Lipinski definition) is 1. The van der Waals surface area contributed by atoms with E-state index in [9.17, 15) is 13.2 Å². The van der Waals surface area contributed by atoms with Gasteiger partial charge in [0.25, 0.3) is 5.91 Å². The Morgan fingerprint density at radius 2 is 1.79 bits per heavy atom. The first-order valence-electron chi connectivity index (χ1n) is 8.98. The Balaban J connectivity index is 1.88. The maximum atomic E-state index is 12.8. The molecule has 0 aliphatic carbocycles. The number of hydrogen-bond acceptors (Lipinski definition) is 5. The Labute approximate surface area is 175 Å². The molecule has 29 heavy (non-hydrogen) atoms. The van der Waals surface area contributed by atoms with Crippen LogP contribution in [0.2, 0.25) is 0 Å². The summed E-state index contributed by atoms with van der Waals surface area (Å²) in [5.74, 6) is -0.310. The van der Waals surface area contributed by atoms with E-state index in [0.29, 0.717) is 16.3 Å². The molecule has 0 radical (unpaired) electrons. The van der Waals surface area contributed by atoms with E-state index < -0.39 is 10.0 Å². The van der Waals surface area contributed by atoms with Gasteiger partial charge in [-0.3, -0.25) is 4.79 Å². The standard InChI is InChI=1S/C21H23N3O3S2/c1-13-9-10-18(14(2)11-13)21-22-15(3)19(28-21)20(25)23-16-7-6-8-17(12-16)29(26,27)24(4)5/h6-12H,1-5H3,(H,23,25). The zero-order valence-corrected chi connectivity index (χ0v) is 18.6. The second-order valence-corrected chi connectivity index (χ2v) is 10.2. The number of nitrogens with one attached hydrogen (secondary N) is 1. The predicted octanol–water partition coefficient (Wildman–Crippen LogP) is 4.24. The van der Waals surface area contributed by atoms with Crippen LogP contribution in [0.4, 0.5) is 5.69 Å². The van der Waals surface area contributed by atoms with Crippen molar-refractivity contribution in [3.8, 4) is 10.6 Å². The lowest BCUT2D eigenvalue weighted by Gasteiger charge is -2.12. The second kappa shape index (κ2) is 8.06. The largest absolute Gasteiger partial charge is 0.321 e. The Morgan fingerprint density at radius 3 is 2.45 bits per heavy atom. The fraction of sp³-hybridized carbons (Fsp3) is 0.238. The first-order chi connectivity index (χ1) is 13.6. The van der Waals surface area contributed by atoms with Crippen molar-refractivity contribution in [1.29, 1.82) is 0 Å². The molecule has 0 saturated heterocycles.